The quantitative estimate of drug-likeness (QED) is 0.442. The van der Waals surface area contributed by atoms with Gasteiger partial charge in [0.25, 0.3) is 0 Å². The molecule has 0 amide bonds. The lowest BCUT2D eigenvalue weighted by Gasteiger charge is -2.22. The fourth-order valence-electron chi connectivity index (χ4n) is 3.00. The average Bonchev–Trinajstić information content (AvgIpc) is 2.59. The van der Waals surface area contributed by atoms with Crippen LogP contribution < -0.4 is 10.1 Å². The maximum Gasteiger partial charge on any atom is 0.209 e. The van der Waals surface area contributed by atoms with Gasteiger partial charge < -0.3 is 10.1 Å². The Morgan fingerprint density at radius 3 is 1.76 bits per heavy atom. The smallest absolute Gasteiger partial charge is 0.209 e. The summed E-state index contributed by atoms with van der Waals surface area (Å²) in [6.45, 7) is 6.52. The van der Waals surface area contributed by atoms with E-state index >= 15 is 0 Å². The number of fused-ring (bicyclic) bond motifs is 2. The number of ether oxygens (including phenoxy) is 1. The SMILES string of the molecule is CC(C)(C)Nc1ccc([S+]2c3ccccc3Oc3ccccc32)cc1. The summed E-state index contributed by atoms with van der Waals surface area (Å²) >= 11 is 0. The van der Waals surface area contributed by atoms with Crippen LogP contribution >= 0.6 is 0 Å². The average molecular weight is 348 g/mol. The molecule has 0 spiro atoms. The minimum atomic E-state index is -0.142. The molecule has 1 aliphatic heterocycles. The van der Waals surface area contributed by atoms with Crippen LogP contribution in [-0.4, -0.2) is 5.54 Å². The summed E-state index contributed by atoms with van der Waals surface area (Å²) in [5, 5.41) is 3.53. The van der Waals surface area contributed by atoms with Crippen LogP contribution in [0, 0.1) is 0 Å². The van der Waals surface area contributed by atoms with Gasteiger partial charge in [0.15, 0.2) is 16.4 Å². The highest BCUT2D eigenvalue weighted by atomic mass is 32.2. The predicted molar refractivity (Wildman–Crippen MR) is 105 cm³/mol. The number of anilines is 1. The van der Waals surface area contributed by atoms with E-state index in [9.17, 15) is 0 Å². The largest absolute Gasteiger partial charge is 0.447 e. The number of hydrogen-bond donors (Lipinski definition) is 1. The molecular weight excluding hydrogens is 326 g/mol. The number of rotatable bonds is 2. The summed E-state index contributed by atoms with van der Waals surface area (Å²) < 4.78 is 6.11. The molecule has 2 nitrogen and oxygen atoms in total. The first-order valence-electron chi connectivity index (χ1n) is 8.50. The fourth-order valence-corrected chi connectivity index (χ4v) is 5.21. The van der Waals surface area contributed by atoms with Crippen LogP contribution in [0.4, 0.5) is 5.69 Å². The first-order chi connectivity index (χ1) is 12.0. The van der Waals surface area contributed by atoms with Gasteiger partial charge >= 0.3 is 0 Å². The molecule has 0 saturated carbocycles. The monoisotopic (exact) mass is 348 g/mol. The molecule has 3 heteroatoms. The lowest BCUT2D eigenvalue weighted by Crippen LogP contribution is -2.25. The maximum atomic E-state index is 6.11. The zero-order valence-electron chi connectivity index (χ0n) is 14.7. The second-order valence-corrected chi connectivity index (χ2v) is 9.16. The maximum absolute atomic E-state index is 6.11. The van der Waals surface area contributed by atoms with Gasteiger partial charge in [-0.3, -0.25) is 0 Å². The van der Waals surface area contributed by atoms with Crippen molar-refractivity contribution in [3.05, 3.63) is 72.8 Å². The summed E-state index contributed by atoms with van der Waals surface area (Å²) in [7, 11) is -0.142. The van der Waals surface area contributed by atoms with Crippen LogP contribution in [0.25, 0.3) is 0 Å². The van der Waals surface area contributed by atoms with Gasteiger partial charge in [-0.15, -0.1) is 0 Å². The van der Waals surface area contributed by atoms with E-state index in [-0.39, 0.29) is 16.4 Å². The highest BCUT2D eigenvalue weighted by molar-refractivity contribution is 7.97. The van der Waals surface area contributed by atoms with Gasteiger partial charge in [-0.25, -0.2) is 0 Å². The van der Waals surface area contributed by atoms with Gasteiger partial charge in [0.2, 0.25) is 9.79 Å². The molecular formula is C22H22NOS+. The number of nitrogens with one attached hydrogen (secondary N) is 1. The number of benzene rings is 3. The Hall–Kier alpha value is -2.39. The normalized spacial score (nSPS) is 13.6. The second-order valence-electron chi connectivity index (χ2n) is 7.20. The van der Waals surface area contributed by atoms with E-state index in [1.165, 1.54) is 14.7 Å². The summed E-state index contributed by atoms with van der Waals surface area (Å²) in [4.78, 5) is 3.80. The first kappa shape index (κ1) is 16.1. The Morgan fingerprint density at radius 2 is 1.24 bits per heavy atom. The highest BCUT2D eigenvalue weighted by Gasteiger charge is 2.38. The molecule has 0 atom stereocenters. The molecule has 1 N–H and O–H groups in total. The molecule has 4 rings (SSSR count). The third-order valence-corrected chi connectivity index (χ3v) is 6.27. The van der Waals surface area contributed by atoms with E-state index in [1.54, 1.807) is 0 Å². The molecule has 0 bridgehead atoms. The van der Waals surface area contributed by atoms with E-state index in [0.29, 0.717) is 0 Å². The second kappa shape index (κ2) is 6.16. The third kappa shape index (κ3) is 3.24. The lowest BCUT2D eigenvalue weighted by molar-refractivity contribution is 0.453. The van der Waals surface area contributed by atoms with E-state index in [4.69, 9.17) is 4.74 Å². The van der Waals surface area contributed by atoms with Crippen molar-refractivity contribution < 1.29 is 4.74 Å². The van der Waals surface area contributed by atoms with Gasteiger partial charge in [0.1, 0.15) is 10.9 Å². The van der Waals surface area contributed by atoms with Gasteiger partial charge in [-0.1, -0.05) is 24.3 Å². The zero-order valence-corrected chi connectivity index (χ0v) is 15.6. The number of hydrogen-bond acceptors (Lipinski definition) is 2. The standard InChI is InChI=1S/C22H22NOS/c1-22(2,3)23-16-12-14-17(15-13-16)25-20-10-6-4-8-18(20)24-19-9-5-7-11-21(19)25/h4-15,23H,1-3H3/q+1. The van der Waals surface area contributed by atoms with Crippen molar-refractivity contribution in [2.75, 3.05) is 5.32 Å². The predicted octanol–water partition coefficient (Wildman–Crippen LogP) is 6.10. The fraction of sp³-hybridized carbons (Fsp3) is 0.182. The van der Waals surface area contributed by atoms with Crippen molar-refractivity contribution in [1.82, 2.24) is 0 Å². The van der Waals surface area contributed by atoms with Crippen LogP contribution in [0.1, 0.15) is 20.8 Å². The van der Waals surface area contributed by atoms with Crippen LogP contribution in [0.15, 0.2) is 87.5 Å². The van der Waals surface area contributed by atoms with Crippen molar-refractivity contribution in [3.63, 3.8) is 0 Å². The molecule has 1 aliphatic rings. The third-order valence-electron chi connectivity index (χ3n) is 3.97. The van der Waals surface area contributed by atoms with Crippen LogP contribution in [0.3, 0.4) is 0 Å². The highest BCUT2D eigenvalue weighted by Crippen LogP contribution is 2.46. The molecule has 3 aromatic rings. The Bertz CT molecular complexity index is 851. The number of para-hydroxylation sites is 2. The molecule has 0 radical (unpaired) electrons. The van der Waals surface area contributed by atoms with E-state index in [0.717, 1.165) is 17.2 Å². The summed E-state index contributed by atoms with van der Waals surface area (Å²) in [6.07, 6.45) is 0. The molecule has 126 valence electrons. The van der Waals surface area contributed by atoms with E-state index < -0.39 is 0 Å². The van der Waals surface area contributed by atoms with Gasteiger partial charge in [0.05, 0.1) is 0 Å². The van der Waals surface area contributed by atoms with Crippen LogP contribution in [0.2, 0.25) is 0 Å². The molecule has 0 aromatic heterocycles. The Labute approximate surface area is 152 Å². The molecule has 0 fully saturated rings. The summed E-state index contributed by atoms with van der Waals surface area (Å²) in [5.74, 6) is 1.92. The zero-order chi connectivity index (χ0) is 17.4. The van der Waals surface area contributed by atoms with Crippen molar-refractivity contribution in [3.8, 4) is 11.5 Å². The van der Waals surface area contributed by atoms with Crippen LogP contribution in [-0.2, 0) is 10.9 Å². The molecule has 1 heterocycles. The van der Waals surface area contributed by atoms with Crippen molar-refractivity contribution in [1.29, 1.82) is 0 Å². The topological polar surface area (TPSA) is 21.3 Å². The van der Waals surface area contributed by atoms with Gasteiger partial charge in [-0.05, 0) is 69.3 Å². The van der Waals surface area contributed by atoms with Crippen LogP contribution in [0.5, 0.6) is 11.5 Å². The van der Waals surface area contributed by atoms with Crippen molar-refractivity contribution in [2.24, 2.45) is 0 Å². The molecule has 0 aliphatic carbocycles. The summed E-state index contributed by atoms with van der Waals surface area (Å²) in [6, 6.07) is 25.5. The van der Waals surface area contributed by atoms with Gasteiger partial charge in [0, 0.05) is 11.2 Å². The Morgan fingerprint density at radius 1 is 0.720 bits per heavy atom. The molecule has 0 unspecified atom stereocenters. The first-order valence-corrected chi connectivity index (χ1v) is 9.72. The van der Waals surface area contributed by atoms with E-state index in [1.807, 2.05) is 12.1 Å². The Balaban J connectivity index is 1.77. The van der Waals surface area contributed by atoms with Crippen molar-refractivity contribution >= 4 is 16.6 Å². The van der Waals surface area contributed by atoms with Gasteiger partial charge in [-0.2, -0.15) is 0 Å². The molecule has 0 saturated heterocycles. The minimum Gasteiger partial charge on any atom is -0.447 e. The molecule has 25 heavy (non-hydrogen) atoms. The van der Waals surface area contributed by atoms with Crippen molar-refractivity contribution in [2.45, 2.75) is 41.0 Å². The van der Waals surface area contributed by atoms with E-state index in [2.05, 4.69) is 86.8 Å². The molecule has 3 aromatic carbocycles. The lowest BCUT2D eigenvalue weighted by atomic mass is 10.1. The minimum absolute atomic E-state index is 0.0572. The summed E-state index contributed by atoms with van der Waals surface area (Å²) in [5.41, 5.74) is 1.21. The Kier molecular flexibility index (Phi) is 3.97.